The predicted molar refractivity (Wildman–Crippen MR) is 90.0 cm³/mol. The fraction of sp³-hybridized carbons (Fsp3) is 0.368. The maximum Gasteiger partial charge on any atom is 0.124 e. The Kier molecular flexibility index (Phi) is 5.03. The van der Waals surface area contributed by atoms with E-state index in [0.29, 0.717) is 6.04 Å². The summed E-state index contributed by atoms with van der Waals surface area (Å²) in [6, 6.07) is 13.4. The molecule has 0 fully saturated rings. The van der Waals surface area contributed by atoms with E-state index in [0.717, 1.165) is 12.3 Å². The summed E-state index contributed by atoms with van der Waals surface area (Å²) in [5.74, 6) is 0.982. The summed E-state index contributed by atoms with van der Waals surface area (Å²) >= 11 is 0. The van der Waals surface area contributed by atoms with Gasteiger partial charge in [0.15, 0.2) is 0 Å². The van der Waals surface area contributed by atoms with Crippen molar-refractivity contribution in [3.05, 3.63) is 53.1 Å². The number of benzene rings is 2. The molecule has 0 saturated heterocycles. The van der Waals surface area contributed by atoms with Crippen LogP contribution in [-0.2, 0) is 0 Å². The van der Waals surface area contributed by atoms with Crippen molar-refractivity contribution in [3.8, 4) is 16.9 Å². The molecular formula is C19H25NO. The van der Waals surface area contributed by atoms with Crippen molar-refractivity contribution < 1.29 is 4.74 Å². The lowest BCUT2D eigenvalue weighted by Gasteiger charge is -2.19. The minimum absolute atomic E-state index is 0.342. The Bertz CT molecular complexity index is 596. The molecule has 21 heavy (non-hydrogen) atoms. The van der Waals surface area contributed by atoms with Crippen LogP contribution in [0.4, 0.5) is 0 Å². The zero-order valence-corrected chi connectivity index (χ0v) is 13.7. The lowest BCUT2D eigenvalue weighted by Crippen LogP contribution is -2.18. The summed E-state index contributed by atoms with van der Waals surface area (Å²) in [6.45, 7) is 9.53. The zero-order chi connectivity index (χ0) is 15.4. The lowest BCUT2D eigenvalue weighted by atomic mass is 9.93. The minimum atomic E-state index is 0.342. The van der Waals surface area contributed by atoms with Gasteiger partial charge in [-0.15, -0.1) is 0 Å². The number of rotatable bonds is 5. The summed E-state index contributed by atoms with van der Waals surface area (Å²) in [6.07, 6.45) is 0. The monoisotopic (exact) mass is 283 g/mol. The molecule has 2 aromatic carbocycles. The highest BCUT2D eigenvalue weighted by Crippen LogP contribution is 2.33. The first-order chi connectivity index (χ1) is 10.1. The number of hydrogen-bond donors (Lipinski definition) is 1. The first kappa shape index (κ1) is 15.6. The van der Waals surface area contributed by atoms with Crippen molar-refractivity contribution in [2.75, 3.05) is 13.7 Å². The molecule has 0 aliphatic heterocycles. The summed E-state index contributed by atoms with van der Waals surface area (Å²) in [5, 5.41) is 3.50. The maximum absolute atomic E-state index is 5.47. The van der Waals surface area contributed by atoms with Gasteiger partial charge in [-0.05, 0) is 67.3 Å². The molecule has 2 nitrogen and oxygen atoms in total. The van der Waals surface area contributed by atoms with Gasteiger partial charge in [0, 0.05) is 6.04 Å². The van der Waals surface area contributed by atoms with E-state index < -0.39 is 0 Å². The number of methoxy groups -OCH3 is 1. The molecule has 2 aromatic rings. The van der Waals surface area contributed by atoms with Gasteiger partial charge >= 0.3 is 0 Å². The van der Waals surface area contributed by atoms with Crippen molar-refractivity contribution in [2.45, 2.75) is 33.7 Å². The van der Waals surface area contributed by atoms with Crippen molar-refractivity contribution in [3.63, 3.8) is 0 Å². The van der Waals surface area contributed by atoms with Gasteiger partial charge in [0.2, 0.25) is 0 Å². The fourth-order valence-corrected chi connectivity index (χ4v) is 2.98. The van der Waals surface area contributed by atoms with E-state index in [9.17, 15) is 0 Å². The largest absolute Gasteiger partial charge is 0.496 e. The van der Waals surface area contributed by atoms with Crippen molar-refractivity contribution >= 4 is 0 Å². The second kappa shape index (κ2) is 6.77. The smallest absolute Gasteiger partial charge is 0.124 e. The molecule has 1 atom stereocenters. The third kappa shape index (κ3) is 3.27. The van der Waals surface area contributed by atoms with E-state index in [1.165, 1.54) is 27.8 Å². The van der Waals surface area contributed by atoms with Crippen LogP contribution in [0.5, 0.6) is 5.75 Å². The number of hydrogen-bond acceptors (Lipinski definition) is 2. The summed E-state index contributed by atoms with van der Waals surface area (Å²) in [7, 11) is 1.73. The Balaban J connectivity index is 2.52. The van der Waals surface area contributed by atoms with Gasteiger partial charge in [-0.1, -0.05) is 31.2 Å². The summed E-state index contributed by atoms with van der Waals surface area (Å²) in [4.78, 5) is 0. The van der Waals surface area contributed by atoms with Gasteiger partial charge in [0.1, 0.15) is 5.75 Å². The molecular weight excluding hydrogens is 258 g/mol. The molecule has 0 bridgehead atoms. The van der Waals surface area contributed by atoms with Gasteiger partial charge in [0.05, 0.1) is 7.11 Å². The molecule has 0 heterocycles. The van der Waals surface area contributed by atoms with Crippen LogP contribution < -0.4 is 10.1 Å². The van der Waals surface area contributed by atoms with Crippen molar-refractivity contribution in [2.24, 2.45) is 0 Å². The second-order valence-corrected chi connectivity index (χ2v) is 5.51. The molecule has 1 unspecified atom stereocenters. The summed E-state index contributed by atoms with van der Waals surface area (Å²) in [5.41, 5.74) is 6.24. The minimum Gasteiger partial charge on any atom is -0.496 e. The average Bonchev–Trinajstić information content (AvgIpc) is 2.47. The van der Waals surface area contributed by atoms with E-state index in [1.54, 1.807) is 7.11 Å². The van der Waals surface area contributed by atoms with Crippen LogP contribution >= 0.6 is 0 Å². The molecule has 1 N–H and O–H groups in total. The molecule has 0 spiro atoms. The molecule has 0 saturated carbocycles. The predicted octanol–water partition coefficient (Wildman–Crippen LogP) is 4.65. The molecule has 0 amide bonds. The molecule has 2 rings (SSSR count). The van der Waals surface area contributed by atoms with Gasteiger partial charge in [-0.25, -0.2) is 0 Å². The Labute approximate surface area is 128 Å². The molecule has 0 aromatic heterocycles. The zero-order valence-electron chi connectivity index (χ0n) is 13.7. The maximum atomic E-state index is 5.47. The van der Waals surface area contributed by atoms with Crippen LogP contribution in [0.25, 0.3) is 11.1 Å². The molecule has 0 aliphatic rings. The average molecular weight is 283 g/mol. The van der Waals surface area contributed by atoms with E-state index in [2.05, 4.69) is 69.4 Å². The second-order valence-electron chi connectivity index (χ2n) is 5.51. The standard InChI is InChI=1S/C19H25NO/c1-6-20-15(4)17-9-7-8-10-18(17)16-11-13(2)19(21-5)14(3)12-16/h7-12,15,20H,6H2,1-5H3. The number of ether oxygens (including phenoxy) is 1. The van der Waals surface area contributed by atoms with Crippen LogP contribution in [0.1, 0.15) is 36.6 Å². The van der Waals surface area contributed by atoms with Gasteiger partial charge in [-0.3, -0.25) is 0 Å². The SMILES string of the molecule is CCNC(C)c1ccccc1-c1cc(C)c(OC)c(C)c1. The Hall–Kier alpha value is -1.80. The van der Waals surface area contributed by atoms with Gasteiger partial charge in [0.25, 0.3) is 0 Å². The van der Waals surface area contributed by atoms with Crippen molar-refractivity contribution in [1.82, 2.24) is 5.32 Å². The summed E-state index contributed by atoms with van der Waals surface area (Å²) < 4.78 is 5.47. The van der Waals surface area contributed by atoms with E-state index >= 15 is 0 Å². The Morgan fingerprint density at radius 2 is 1.71 bits per heavy atom. The number of nitrogens with one attached hydrogen (secondary N) is 1. The van der Waals surface area contributed by atoms with E-state index in [1.807, 2.05) is 0 Å². The van der Waals surface area contributed by atoms with Crippen molar-refractivity contribution in [1.29, 1.82) is 0 Å². The Morgan fingerprint density at radius 1 is 1.10 bits per heavy atom. The first-order valence-electron chi connectivity index (χ1n) is 7.56. The quantitative estimate of drug-likeness (QED) is 0.862. The molecule has 2 heteroatoms. The topological polar surface area (TPSA) is 21.3 Å². The highest BCUT2D eigenvalue weighted by atomic mass is 16.5. The van der Waals surface area contributed by atoms with Gasteiger partial charge in [-0.2, -0.15) is 0 Å². The third-order valence-electron chi connectivity index (χ3n) is 3.91. The fourth-order valence-electron chi connectivity index (χ4n) is 2.98. The van der Waals surface area contributed by atoms with E-state index in [-0.39, 0.29) is 0 Å². The van der Waals surface area contributed by atoms with Crippen LogP contribution in [0.2, 0.25) is 0 Å². The highest BCUT2D eigenvalue weighted by molar-refractivity contribution is 5.71. The molecule has 112 valence electrons. The number of aryl methyl sites for hydroxylation is 2. The third-order valence-corrected chi connectivity index (χ3v) is 3.91. The van der Waals surface area contributed by atoms with Crippen LogP contribution in [0, 0.1) is 13.8 Å². The molecule has 0 radical (unpaired) electrons. The lowest BCUT2D eigenvalue weighted by molar-refractivity contribution is 0.408. The van der Waals surface area contributed by atoms with Gasteiger partial charge < -0.3 is 10.1 Å². The first-order valence-corrected chi connectivity index (χ1v) is 7.56. The molecule has 0 aliphatic carbocycles. The van der Waals surface area contributed by atoms with Crippen LogP contribution in [-0.4, -0.2) is 13.7 Å². The van der Waals surface area contributed by atoms with Crippen LogP contribution in [0.3, 0.4) is 0 Å². The normalized spacial score (nSPS) is 12.2. The van der Waals surface area contributed by atoms with E-state index in [4.69, 9.17) is 4.74 Å². The van der Waals surface area contributed by atoms with Crippen LogP contribution in [0.15, 0.2) is 36.4 Å². The highest BCUT2D eigenvalue weighted by Gasteiger charge is 2.13. The Morgan fingerprint density at radius 3 is 2.29 bits per heavy atom.